The summed E-state index contributed by atoms with van der Waals surface area (Å²) in [6.07, 6.45) is 3.70. The van der Waals surface area contributed by atoms with Crippen LogP contribution in [-0.2, 0) is 9.53 Å². The molecule has 0 amide bonds. The number of nitrogens with zero attached hydrogens (tertiary/aromatic N) is 2. The number of hydrogen-bond donors (Lipinski definition) is 0. The molecule has 0 aliphatic carbocycles. The second-order valence-electron chi connectivity index (χ2n) is 6.64. The van der Waals surface area contributed by atoms with Crippen molar-refractivity contribution in [1.82, 2.24) is 4.98 Å². The van der Waals surface area contributed by atoms with Crippen LogP contribution in [0.1, 0.15) is 33.6 Å². The molecule has 0 spiro atoms. The van der Waals surface area contributed by atoms with Gasteiger partial charge in [-0.1, -0.05) is 26.8 Å². The zero-order chi connectivity index (χ0) is 14.6. The molecule has 4 nitrogen and oxygen atoms in total. The van der Waals surface area contributed by atoms with Crippen LogP contribution in [0.15, 0.2) is 24.4 Å². The van der Waals surface area contributed by atoms with Gasteiger partial charge in [0, 0.05) is 19.3 Å². The Morgan fingerprint density at radius 2 is 2.25 bits per heavy atom. The first kappa shape index (κ1) is 14.8. The van der Waals surface area contributed by atoms with E-state index in [2.05, 4.69) is 30.7 Å². The van der Waals surface area contributed by atoms with Crippen molar-refractivity contribution in [3.8, 4) is 0 Å². The van der Waals surface area contributed by atoms with Crippen LogP contribution in [0.25, 0.3) is 0 Å². The van der Waals surface area contributed by atoms with Crippen molar-refractivity contribution in [2.75, 3.05) is 24.6 Å². The van der Waals surface area contributed by atoms with Crippen LogP contribution in [0.4, 0.5) is 5.82 Å². The number of aromatic nitrogens is 1. The number of carbonyl (C=O) groups is 1. The Labute approximate surface area is 121 Å². The van der Waals surface area contributed by atoms with Gasteiger partial charge in [0.25, 0.3) is 0 Å². The molecule has 20 heavy (non-hydrogen) atoms. The Morgan fingerprint density at radius 1 is 1.45 bits per heavy atom. The first-order chi connectivity index (χ1) is 9.46. The molecule has 0 bridgehead atoms. The minimum Gasteiger partial charge on any atom is -0.465 e. The van der Waals surface area contributed by atoms with Crippen molar-refractivity contribution in [3.05, 3.63) is 24.4 Å². The second kappa shape index (κ2) is 6.25. The maximum absolute atomic E-state index is 12.2. The van der Waals surface area contributed by atoms with Crippen LogP contribution in [-0.4, -0.2) is 30.6 Å². The summed E-state index contributed by atoms with van der Waals surface area (Å²) in [4.78, 5) is 18.7. The molecule has 0 saturated carbocycles. The topological polar surface area (TPSA) is 42.4 Å². The van der Waals surface area contributed by atoms with Crippen molar-refractivity contribution in [2.45, 2.75) is 33.6 Å². The Morgan fingerprint density at radius 3 is 2.90 bits per heavy atom. The monoisotopic (exact) mass is 276 g/mol. The lowest BCUT2D eigenvalue weighted by Crippen LogP contribution is -2.40. The van der Waals surface area contributed by atoms with E-state index in [1.54, 1.807) is 6.20 Å². The molecule has 110 valence electrons. The summed E-state index contributed by atoms with van der Waals surface area (Å²) in [6, 6.07) is 5.87. The Kier molecular flexibility index (Phi) is 4.63. The number of ether oxygens (including phenoxy) is 1. The van der Waals surface area contributed by atoms with Gasteiger partial charge >= 0.3 is 5.97 Å². The van der Waals surface area contributed by atoms with Gasteiger partial charge in [-0.05, 0) is 30.4 Å². The number of hydrogen-bond acceptors (Lipinski definition) is 4. The van der Waals surface area contributed by atoms with Gasteiger partial charge in [0.2, 0.25) is 0 Å². The number of pyridine rings is 1. The number of carbonyl (C=O) groups excluding carboxylic acids is 1. The zero-order valence-electron chi connectivity index (χ0n) is 12.6. The molecule has 4 heteroatoms. The highest BCUT2D eigenvalue weighted by Crippen LogP contribution is 2.23. The van der Waals surface area contributed by atoms with E-state index in [-0.39, 0.29) is 17.3 Å². The van der Waals surface area contributed by atoms with E-state index in [4.69, 9.17) is 4.74 Å². The molecule has 1 aliphatic heterocycles. The summed E-state index contributed by atoms with van der Waals surface area (Å²) >= 11 is 0. The Bertz CT molecular complexity index is 440. The van der Waals surface area contributed by atoms with E-state index in [1.807, 2.05) is 18.2 Å². The molecule has 0 radical (unpaired) electrons. The third-order valence-electron chi connectivity index (χ3n) is 3.38. The fourth-order valence-electron chi connectivity index (χ4n) is 2.32. The van der Waals surface area contributed by atoms with Crippen LogP contribution in [0.2, 0.25) is 0 Å². The van der Waals surface area contributed by atoms with Gasteiger partial charge in [-0.2, -0.15) is 0 Å². The standard InChI is InChI=1S/C16H24N2O2/c1-16(2,3)12-20-15(19)13-7-6-10-18(11-13)14-8-4-5-9-17-14/h4-5,8-9,13H,6-7,10-12H2,1-3H3. The number of esters is 1. The van der Waals surface area contributed by atoms with Gasteiger partial charge in [-0.15, -0.1) is 0 Å². The molecule has 2 rings (SSSR count). The summed E-state index contributed by atoms with van der Waals surface area (Å²) in [6.45, 7) is 8.36. The molecule has 1 fully saturated rings. The highest BCUT2D eigenvalue weighted by atomic mass is 16.5. The third kappa shape index (κ3) is 4.22. The van der Waals surface area contributed by atoms with Gasteiger partial charge in [-0.25, -0.2) is 4.98 Å². The molecular weight excluding hydrogens is 252 g/mol. The molecule has 1 atom stereocenters. The van der Waals surface area contributed by atoms with E-state index < -0.39 is 0 Å². The third-order valence-corrected chi connectivity index (χ3v) is 3.38. The first-order valence-electron chi connectivity index (χ1n) is 7.28. The van der Waals surface area contributed by atoms with E-state index in [0.717, 1.165) is 25.2 Å². The van der Waals surface area contributed by atoms with E-state index in [0.29, 0.717) is 13.2 Å². The van der Waals surface area contributed by atoms with Gasteiger partial charge < -0.3 is 9.64 Å². The fourth-order valence-corrected chi connectivity index (χ4v) is 2.32. The molecule has 1 aliphatic rings. The number of rotatable bonds is 3. The lowest BCUT2D eigenvalue weighted by atomic mass is 9.97. The lowest BCUT2D eigenvalue weighted by Gasteiger charge is -2.32. The quantitative estimate of drug-likeness (QED) is 0.796. The van der Waals surface area contributed by atoms with E-state index in [9.17, 15) is 4.79 Å². The summed E-state index contributed by atoms with van der Waals surface area (Å²) in [7, 11) is 0. The van der Waals surface area contributed by atoms with Crippen LogP contribution < -0.4 is 4.90 Å². The summed E-state index contributed by atoms with van der Waals surface area (Å²) < 4.78 is 5.44. The fraction of sp³-hybridized carbons (Fsp3) is 0.625. The molecule has 1 aromatic rings. The normalized spacial score (nSPS) is 19.8. The van der Waals surface area contributed by atoms with Gasteiger partial charge in [-0.3, -0.25) is 4.79 Å². The molecular formula is C16H24N2O2. The summed E-state index contributed by atoms with van der Waals surface area (Å²) in [5.41, 5.74) is 0.0188. The Balaban J connectivity index is 1.92. The molecule has 1 aromatic heterocycles. The molecule has 1 unspecified atom stereocenters. The van der Waals surface area contributed by atoms with Gasteiger partial charge in [0.15, 0.2) is 0 Å². The van der Waals surface area contributed by atoms with Crippen LogP contribution >= 0.6 is 0 Å². The maximum Gasteiger partial charge on any atom is 0.310 e. The lowest BCUT2D eigenvalue weighted by molar-refractivity contribution is -0.151. The van der Waals surface area contributed by atoms with Gasteiger partial charge in [0.1, 0.15) is 5.82 Å². The predicted molar refractivity (Wildman–Crippen MR) is 79.6 cm³/mol. The SMILES string of the molecule is CC(C)(C)COC(=O)C1CCCN(c2ccccn2)C1. The van der Waals surface area contributed by atoms with E-state index >= 15 is 0 Å². The average Bonchev–Trinajstić information content (AvgIpc) is 2.45. The Hall–Kier alpha value is -1.58. The molecule has 2 heterocycles. The predicted octanol–water partition coefficient (Wildman–Crippen LogP) is 2.89. The van der Waals surface area contributed by atoms with Crippen molar-refractivity contribution < 1.29 is 9.53 Å². The van der Waals surface area contributed by atoms with Crippen molar-refractivity contribution in [1.29, 1.82) is 0 Å². The second-order valence-corrected chi connectivity index (χ2v) is 6.64. The maximum atomic E-state index is 12.2. The minimum absolute atomic E-state index is 0.0188. The highest BCUT2D eigenvalue weighted by Gasteiger charge is 2.28. The average molecular weight is 276 g/mol. The van der Waals surface area contributed by atoms with Crippen molar-refractivity contribution in [3.63, 3.8) is 0 Å². The van der Waals surface area contributed by atoms with Gasteiger partial charge in [0.05, 0.1) is 12.5 Å². The number of piperidine rings is 1. The highest BCUT2D eigenvalue weighted by molar-refractivity contribution is 5.73. The number of anilines is 1. The van der Waals surface area contributed by atoms with Crippen molar-refractivity contribution >= 4 is 11.8 Å². The summed E-state index contributed by atoms with van der Waals surface area (Å²) in [5.74, 6) is 0.842. The largest absolute Gasteiger partial charge is 0.465 e. The zero-order valence-corrected chi connectivity index (χ0v) is 12.6. The summed E-state index contributed by atoms with van der Waals surface area (Å²) in [5, 5.41) is 0. The molecule has 0 aromatic carbocycles. The van der Waals surface area contributed by atoms with Crippen LogP contribution in [0, 0.1) is 11.3 Å². The van der Waals surface area contributed by atoms with E-state index in [1.165, 1.54) is 0 Å². The van der Waals surface area contributed by atoms with Crippen LogP contribution in [0.3, 0.4) is 0 Å². The molecule has 0 N–H and O–H groups in total. The van der Waals surface area contributed by atoms with Crippen molar-refractivity contribution in [2.24, 2.45) is 11.3 Å². The minimum atomic E-state index is -0.0689. The van der Waals surface area contributed by atoms with Crippen LogP contribution in [0.5, 0.6) is 0 Å². The first-order valence-corrected chi connectivity index (χ1v) is 7.28. The smallest absolute Gasteiger partial charge is 0.310 e. The molecule has 1 saturated heterocycles.